The number of aromatic amines is 1. The van der Waals surface area contributed by atoms with E-state index in [2.05, 4.69) is 33.9 Å². The largest absolute Gasteiger partial charge is 0.497 e. The van der Waals surface area contributed by atoms with E-state index < -0.39 is 0 Å². The molecule has 1 heterocycles. The number of nitrogens with zero attached hydrogens (tertiary/aromatic N) is 1. The summed E-state index contributed by atoms with van der Waals surface area (Å²) in [5, 5.41) is 0. The third-order valence-corrected chi connectivity index (χ3v) is 4.46. The molecule has 0 bridgehead atoms. The van der Waals surface area contributed by atoms with Crippen LogP contribution in [0, 0.1) is 11.7 Å². The van der Waals surface area contributed by atoms with Crippen molar-refractivity contribution >= 4 is 39.2 Å². The quantitative estimate of drug-likeness (QED) is 0.676. The van der Waals surface area contributed by atoms with Crippen LogP contribution in [0.2, 0.25) is 0 Å². The van der Waals surface area contributed by atoms with E-state index in [0.717, 1.165) is 26.9 Å². The average Bonchev–Trinajstić information content (AvgIpc) is 2.77. The van der Waals surface area contributed by atoms with Gasteiger partial charge in [-0.3, -0.25) is 4.57 Å². The monoisotopic (exact) mass is 348 g/mol. The molecule has 0 saturated heterocycles. The van der Waals surface area contributed by atoms with Crippen LogP contribution < -0.4 is 4.74 Å². The summed E-state index contributed by atoms with van der Waals surface area (Å²) in [5.74, 6) is 0.814. The summed E-state index contributed by atoms with van der Waals surface area (Å²) in [5.41, 5.74) is 4.21. The molecule has 0 aliphatic rings. The third-order valence-electron chi connectivity index (χ3n) is 3.29. The Kier molecular flexibility index (Phi) is 3.40. The van der Waals surface area contributed by atoms with Crippen molar-refractivity contribution in [3.63, 3.8) is 0 Å². The molecular formula is C15H13BrN2OS. The van der Waals surface area contributed by atoms with E-state index in [1.807, 2.05) is 34.9 Å². The van der Waals surface area contributed by atoms with Crippen molar-refractivity contribution in [2.75, 3.05) is 7.11 Å². The highest BCUT2D eigenvalue weighted by Gasteiger charge is 2.08. The molecule has 3 aromatic rings. The molecule has 0 unspecified atom stereocenters. The number of imidazole rings is 1. The Morgan fingerprint density at radius 3 is 2.70 bits per heavy atom. The lowest BCUT2D eigenvalue weighted by Crippen LogP contribution is -1.95. The molecule has 3 nitrogen and oxygen atoms in total. The first-order valence-electron chi connectivity index (χ1n) is 6.15. The Bertz CT molecular complexity index is 851. The van der Waals surface area contributed by atoms with Gasteiger partial charge in [-0.05, 0) is 55.0 Å². The topological polar surface area (TPSA) is 29.9 Å². The van der Waals surface area contributed by atoms with E-state index in [9.17, 15) is 0 Å². The molecule has 20 heavy (non-hydrogen) atoms. The first-order chi connectivity index (χ1) is 9.60. The second-order valence-electron chi connectivity index (χ2n) is 4.58. The van der Waals surface area contributed by atoms with Gasteiger partial charge < -0.3 is 9.72 Å². The Balaban J connectivity index is 2.31. The number of hydrogen-bond donors (Lipinski definition) is 1. The van der Waals surface area contributed by atoms with E-state index in [4.69, 9.17) is 17.0 Å². The Morgan fingerprint density at radius 1 is 1.20 bits per heavy atom. The minimum Gasteiger partial charge on any atom is -0.497 e. The van der Waals surface area contributed by atoms with Crippen LogP contribution >= 0.6 is 28.1 Å². The lowest BCUT2D eigenvalue weighted by Gasteiger charge is -2.08. The summed E-state index contributed by atoms with van der Waals surface area (Å²) in [6.45, 7) is 2.06. The summed E-state index contributed by atoms with van der Waals surface area (Å²) in [6, 6.07) is 12.1. The van der Waals surface area contributed by atoms with Crippen molar-refractivity contribution in [1.29, 1.82) is 0 Å². The summed E-state index contributed by atoms with van der Waals surface area (Å²) in [6.07, 6.45) is 0. The van der Waals surface area contributed by atoms with Crippen LogP contribution in [0.4, 0.5) is 0 Å². The highest BCUT2D eigenvalue weighted by atomic mass is 79.9. The van der Waals surface area contributed by atoms with Crippen molar-refractivity contribution < 1.29 is 4.74 Å². The zero-order valence-corrected chi connectivity index (χ0v) is 13.5. The van der Waals surface area contributed by atoms with Gasteiger partial charge in [0.25, 0.3) is 0 Å². The fourth-order valence-corrected chi connectivity index (χ4v) is 2.79. The van der Waals surface area contributed by atoms with Gasteiger partial charge in [0.05, 0.1) is 18.1 Å². The number of H-pyrrole nitrogens is 1. The fourth-order valence-electron chi connectivity index (χ4n) is 2.23. The number of nitrogens with one attached hydrogen (secondary N) is 1. The number of fused-ring (bicyclic) bond motifs is 1. The van der Waals surface area contributed by atoms with Crippen molar-refractivity contribution in [1.82, 2.24) is 9.55 Å². The highest BCUT2D eigenvalue weighted by molar-refractivity contribution is 9.10. The smallest absolute Gasteiger partial charge is 0.182 e. The minimum atomic E-state index is 0.676. The zero-order chi connectivity index (χ0) is 14.3. The Hall–Kier alpha value is -1.59. The van der Waals surface area contributed by atoms with Crippen molar-refractivity contribution in [3.8, 4) is 11.4 Å². The first-order valence-corrected chi connectivity index (χ1v) is 7.35. The van der Waals surface area contributed by atoms with Gasteiger partial charge in [-0.25, -0.2) is 0 Å². The molecule has 0 radical (unpaired) electrons. The van der Waals surface area contributed by atoms with Crippen molar-refractivity contribution in [2.45, 2.75) is 6.92 Å². The molecule has 0 amide bonds. The van der Waals surface area contributed by atoms with Gasteiger partial charge >= 0.3 is 0 Å². The zero-order valence-electron chi connectivity index (χ0n) is 11.1. The average molecular weight is 349 g/mol. The van der Waals surface area contributed by atoms with Gasteiger partial charge in [-0.2, -0.15) is 0 Å². The SMILES string of the molecule is COc1ccc2[nH]c(=S)n(-c3ccc(Br)c(C)c3)c2c1. The molecule has 0 fully saturated rings. The molecule has 1 N–H and O–H groups in total. The number of methoxy groups -OCH3 is 1. The molecular weight excluding hydrogens is 336 g/mol. The van der Waals surface area contributed by atoms with E-state index in [0.29, 0.717) is 4.77 Å². The molecule has 0 aliphatic carbocycles. The molecule has 1 aromatic heterocycles. The predicted octanol–water partition coefficient (Wildman–Crippen LogP) is 4.77. The van der Waals surface area contributed by atoms with Gasteiger partial charge in [0, 0.05) is 16.2 Å². The summed E-state index contributed by atoms with van der Waals surface area (Å²) >= 11 is 8.97. The van der Waals surface area contributed by atoms with Crippen LogP contribution in [0.5, 0.6) is 5.75 Å². The minimum absolute atomic E-state index is 0.676. The number of hydrogen-bond acceptors (Lipinski definition) is 2. The van der Waals surface area contributed by atoms with E-state index in [-0.39, 0.29) is 0 Å². The van der Waals surface area contributed by atoms with Crippen LogP contribution in [0.15, 0.2) is 40.9 Å². The predicted molar refractivity (Wildman–Crippen MR) is 87.4 cm³/mol. The molecule has 3 rings (SSSR count). The van der Waals surface area contributed by atoms with E-state index in [1.54, 1.807) is 7.11 Å². The van der Waals surface area contributed by atoms with Crippen LogP contribution in [0.3, 0.4) is 0 Å². The van der Waals surface area contributed by atoms with Crippen LogP contribution in [0.1, 0.15) is 5.56 Å². The molecule has 0 saturated carbocycles. The first kappa shape index (κ1) is 13.4. The standard InChI is InChI=1S/C15H13BrN2OS/c1-9-7-10(3-5-12(9)16)18-14-8-11(19-2)4-6-13(14)17-15(18)20/h3-8H,1-2H3,(H,17,20). The van der Waals surface area contributed by atoms with Gasteiger partial charge in [-0.1, -0.05) is 15.9 Å². The normalized spacial score (nSPS) is 10.9. The van der Waals surface area contributed by atoms with E-state index in [1.165, 1.54) is 5.56 Å². The maximum atomic E-state index is 5.45. The number of ether oxygens (including phenoxy) is 1. The van der Waals surface area contributed by atoms with Crippen LogP contribution in [-0.2, 0) is 0 Å². The molecule has 0 atom stereocenters. The number of benzene rings is 2. The van der Waals surface area contributed by atoms with Gasteiger partial charge in [0.2, 0.25) is 0 Å². The third kappa shape index (κ3) is 2.17. The number of rotatable bonds is 2. The lowest BCUT2D eigenvalue weighted by atomic mass is 10.2. The maximum absolute atomic E-state index is 5.45. The highest BCUT2D eigenvalue weighted by Crippen LogP contribution is 2.26. The molecule has 2 aromatic carbocycles. The van der Waals surface area contributed by atoms with Crippen LogP contribution in [0.25, 0.3) is 16.7 Å². The summed E-state index contributed by atoms with van der Waals surface area (Å²) < 4.78 is 9.08. The number of halogens is 1. The van der Waals surface area contributed by atoms with E-state index >= 15 is 0 Å². The molecule has 0 spiro atoms. The van der Waals surface area contributed by atoms with Gasteiger partial charge in [0.15, 0.2) is 4.77 Å². The lowest BCUT2D eigenvalue weighted by molar-refractivity contribution is 0.415. The number of aromatic nitrogens is 2. The second kappa shape index (κ2) is 5.07. The molecule has 102 valence electrons. The van der Waals surface area contributed by atoms with Gasteiger partial charge in [-0.15, -0.1) is 0 Å². The van der Waals surface area contributed by atoms with Crippen molar-refractivity contribution in [2.24, 2.45) is 0 Å². The summed E-state index contributed by atoms with van der Waals surface area (Å²) in [7, 11) is 1.66. The molecule has 0 aliphatic heterocycles. The Labute approximate surface area is 130 Å². The second-order valence-corrected chi connectivity index (χ2v) is 5.82. The number of aryl methyl sites for hydroxylation is 1. The fraction of sp³-hybridized carbons (Fsp3) is 0.133. The molecule has 5 heteroatoms. The maximum Gasteiger partial charge on any atom is 0.182 e. The summed E-state index contributed by atoms with van der Waals surface area (Å²) in [4.78, 5) is 3.22. The van der Waals surface area contributed by atoms with Gasteiger partial charge in [0.1, 0.15) is 5.75 Å². The van der Waals surface area contributed by atoms with Crippen molar-refractivity contribution in [3.05, 3.63) is 51.2 Å². The Morgan fingerprint density at radius 2 is 2.00 bits per heavy atom. The van der Waals surface area contributed by atoms with Crippen LogP contribution in [-0.4, -0.2) is 16.7 Å².